The van der Waals surface area contributed by atoms with E-state index in [0.717, 1.165) is 42.2 Å². The largest absolute Gasteiger partial charge is 0.342 e. The van der Waals surface area contributed by atoms with Crippen molar-refractivity contribution in [1.29, 1.82) is 0 Å². The van der Waals surface area contributed by atoms with Gasteiger partial charge in [0.2, 0.25) is 0 Å². The number of piperidine rings is 1. The highest BCUT2D eigenvalue weighted by molar-refractivity contribution is 7.10. The molecule has 1 aliphatic heterocycles. The average Bonchev–Trinajstić information content (AvgIpc) is 3.39. The highest BCUT2D eigenvalue weighted by Gasteiger charge is 2.20. The molecule has 4 rings (SSSR count). The third-order valence-electron chi connectivity index (χ3n) is 4.80. The second kappa shape index (κ2) is 8.02. The first-order chi connectivity index (χ1) is 13.2. The molecule has 2 aromatic heterocycles. The van der Waals surface area contributed by atoms with E-state index in [1.807, 2.05) is 53.5 Å². The Morgan fingerprint density at radius 1 is 1.33 bits per heavy atom. The number of rotatable bonds is 5. The van der Waals surface area contributed by atoms with Gasteiger partial charge in [0.25, 0.3) is 5.91 Å². The molecule has 3 aromatic rings. The quantitative estimate of drug-likeness (QED) is 0.710. The van der Waals surface area contributed by atoms with Gasteiger partial charge < -0.3 is 10.6 Å². The molecule has 0 saturated carbocycles. The minimum atomic E-state index is -0.165. The molecule has 1 fully saturated rings. The summed E-state index contributed by atoms with van der Waals surface area (Å²) in [7, 11) is 0. The van der Waals surface area contributed by atoms with Crippen molar-refractivity contribution in [3.63, 3.8) is 0 Å². The van der Waals surface area contributed by atoms with Crippen molar-refractivity contribution in [2.24, 2.45) is 0 Å². The van der Waals surface area contributed by atoms with Gasteiger partial charge >= 0.3 is 0 Å². The Morgan fingerprint density at radius 3 is 2.96 bits per heavy atom. The molecule has 2 atom stereocenters. The molecule has 1 aromatic carbocycles. The monoisotopic (exact) mass is 381 g/mol. The van der Waals surface area contributed by atoms with Crippen molar-refractivity contribution in [3.8, 4) is 11.3 Å². The van der Waals surface area contributed by atoms with Crippen molar-refractivity contribution in [2.75, 3.05) is 13.1 Å². The van der Waals surface area contributed by atoms with E-state index in [4.69, 9.17) is 0 Å². The number of amides is 1. The number of aromatic nitrogens is 3. The van der Waals surface area contributed by atoms with E-state index in [1.165, 1.54) is 0 Å². The fourth-order valence-electron chi connectivity index (χ4n) is 3.28. The van der Waals surface area contributed by atoms with Crippen LogP contribution >= 0.6 is 11.3 Å². The molecule has 1 saturated heterocycles. The maximum absolute atomic E-state index is 12.6. The Labute approximate surface area is 162 Å². The third kappa shape index (κ3) is 4.09. The number of carbonyl (C=O) groups is 1. The Morgan fingerprint density at radius 2 is 2.19 bits per heavy atom. The number of nitrogens with one attached hydrogen (secondary N) is 2. The van der Waals surface area contributed by atoms with E-state index >= 15 is 0 Å². The Kier molecular flexibility index (Phi) is 5.31. The lowest BCUT2D eigenvalue weighted by Gasteiger charge is -2.22. The number of hydrogen-bond acceptors (Lipinski definition) is 5. The van der Waals surface area contributed by atoms with E-state index in [0.29, 0.717) is 11.7 Å². The first-order valence-corrected chi connectivity index (χ1v) is 10.2. The summed E-state index contributed by atoms with van der Waals surface area (Å²) >= 11 is 1.56. The molecule has 140 valence electrons. The zero-order chi connectivity index (χ0) is 18.6. The molecule has 0 radical (unpaired) electrons. The molecule has 0 bridgehead atoms. The van der Waals surface area contributed by atoms with Crippen LogP contribution in [0.15, 0.2) is 48.0 Å². The Hall–Kier alpha value is -2.51. The molecule has 1 aliphatic rings. The van der Waals surface area contributed by atoms with Crippen LogP contribution in [0.4, 0.5) is 0 Å². The predicted molar refractivity (Wildman–Crippen MR) is 107 cm³/mol. The van der Waals surface area contributed by atoms with Crippen LogP contribution in [0.3, 0.4) is 0 Å². The van der Waals surface area contributed by atoms with Crippen LogP contribution in [0.1, 0.15) is 47.3 Å². The fraction of sp³-hybridized carbons (Fsp3) is 0.350. The summed E-state index contributed by atoms with van der Waals surface area (Å²) in [5.74, 6) is -0.165. The lowest BCUT2D eigenvalue weighted by molar-refractivity contribution is 0.0933. The van der Waals surface area contributed by atoms with E-state index in [-0.39, 0.29) is 11.9 Å². The van der Waals surface area contributed by atoms with Crippen LogP contribution in [0, 0.1) is 0 Å². The van der Waals surface area contributed by atoms with Gasteiger partial charge in [-0.25, -0.2) is 4.98 Å². The Balaban J connectivity index is 1.41. The number of hydrogen-bond donors (Lipinski definition) is 2. The van der Waals surface area contributed by atoms with Crippen LogP contribution in [0.5, 0.6) is 0 Å². The smallest absolute Gasteiger partial charge is 0.272 e. The highest BCUT2D eigenvalue weighted by atomic mass is 32.1. The zero-order valence-electron chi connectivity index (χ0n) is 15.3. The zero-order valence-corrected chi connectivity index (χ0v) is 16.1. The molecule has 3 heterocycles. The van der Waals surface area contributed by atoms with Crippen molar-refractivity contribution in [2.45, 2.75) is 31.8 Å². The second-order valence-electron chi connectivity index (χ2n) is 6.81. The van der Waals surface area contributed by atoms with Crippen molar-refractivity contribution in [3.05, 3.63) is 58.7 Å². The van der Waals surface area contributed by atoms with Crippen molar-refractivity contribution >= 4 is 17.2 Å². The summed E-state index contributed by atoms with van der Waals surface area (Å²) in [5.41, 5.74) is 2.47. The molecule has 2 N–H and O–H groups in total. The first kappa shape index (κ1) is 17.9. The summed E-state index contributed by atoms with van der Waals surface area (Å²) in [6.45, 7) is 3.91. The van der Waals surface area contributed by atoms with Crippen LogP contribution in [0.25, 0.3) is 11.3 Å². The van der Waals surface area contributed by atoms with Crippen molar-refractivity contribution in [1.82, 2.24) is 25.4 Å². The van der Waals surface area contributed by atoms with Crippen LogP contribution in [-0.4, -0.2) is 33.8 Å². The summed E-state index contributed by atoms with van der Waals surface area (Å²) in [4.78, 5) is 17.3. The maximum atomic E-state index is 12.6. The first-order valence-electron chi connectivity index (χ1n) is 9.28. The van der Waals surface area contributed by atoms with E-state index < -0.39 is 0 Å². The van der Waals surface area contributed by atoms with E-state index in [2.05, 4.69) is 20.7 Å². The molecule has 27 heavy (non-hydrogen) atoms. The topological polar surface area (TPSA) is 71.8 Å². The Bertz CT molecular complexity index is 898. The minimum Gasteiger partial charge on any atom is -0.342 e. The van der Waals surface area contributed by atoms with Gasteiger partial charge in [-0.3, -0.25) is 9.48 Å². The normalized spacial score (nSPS) is 18.2. The predicted octanol–water partition coefficient (Wildman–Crippen LogP) is 3.42. The third-order valence-corrected chi connectivity index (χ3v) is 5.82. The minimum absolute atomic E-state index is 0.165. The SMILES string of the molecule is CC(NC(=O)c1ccn(C2CCCNC2)n1)c1nc(-c2ccccc2)cs1. The summed E-state index contributed by atoms with van der Waals surface area (Å²) in [6.07, 6.45) is 4.12. The van der Waals surface area contributed by atoms with Crippen molar-refractivity contribution < 1.29 is 4.79 Å². The lowest BCUT2D eigenvalue weighted by Crippen LogP contribution is -2.32. The molecule has 0 spiro atoms. The maximum Gasteiger partial charge on any atom is 0.272 e. The number of carbonyl (C=O) groups excluding carboxylic acids is 1. The van der Waals surface area contributed by atoms with Gasteiger partial charge in [-0.2, -0.15) is 5.10 Å². The van der Waals surface area contributed by atoms with E-state index in [9.17, 15) is 4.79 Å². The van der Waals surface area contributed by atoms with Gasteiger partial charge in [0, 0.05) is 23.7 Å². The summed E-state index contributed by atoms with van der Waals surface area (Å²) < 4.78 is 1.91. The summed E-state index contributed by atoms with van der Waals surface area (Å²) in [5, 5.41) is 13.8. The van der Waals surface area contributed by atoms with Gasteiger partial charge in [0.1, 0.15) is 10.7 Å². The van der Waals surface area contributed by atoms with Gasteiger partial charge in [-0.1, -0.05) is 30.3 Å². The molecule has 1 amide bonds. The van der Waals surface area contributed by atoms with Crippen LogP contribution < -0.4 is 10.6 Å². The standard InChI is InChI=1S/C20H23N5OS/c1-14(20-23-18(13-27-20)15-6-3-2-4-7-15)22-19(26)17-9-11-25(24-17)16-8-5-10-21-12-16/h2-4,6-7,9,11,13-14,16,21H,5,8,10,12H2,1H3,(H,22,26). The van der Waals surface area contributed by atoms with Gasteiger partial charge in [0.15, 0.2) is 0 Å². The molecule has 7 heteroatoms. The molecule has 6 nitrogen and oxygen atoms in total. The molecular weight excluding hydrogens is 358 g/mol. The van der Waals surface area contributed by atoms with Gasteiger partial charge in [0.05, 0.1) is 17.8 Å². The number of thiazole rings is 1. The highest BCUT2D eigenvalue weighted by Crippen LogP contribution is 2.25. The second-order valence-corrected chi connectivity index (χ2v) is 7.70. The molecule has 0 aliphatic carbocycles. The fourth-order valence-corrected chi connectivity index (χ4v) is 4.12. The van der Waals surface area contributed by atoms with E-state index in [1.54, 1.807) is 17.4 Å². The number of nitrogens with zero attached hydrogens (tertiary/aromatic N) is 3. The molecular formula is C20H23N5OS. The van der Waals surface area contributed by atoms with Gasteiger partial charge in [-0.15, -0.1) is 11.3 Å². The van der Waals surface area contributed by atoms with Gasteiger partial charge in [-0.05, 0) is 32.4 Å². The molecule has 2 unspecified atom stereocenters. The lowest BCUT2D eigenvalue weighted by atomic mass is 10.1. The number of benzene rings is 1. The summed E-state index contributed by atoms with van der Waals surface area (Å²) in [6, 6.07) is 12.0. The average molecular weight is 382 g/mol. The van der Waals surface area contributed by atoms with Crippen LogP contribution in [0.2, 0.25) is 0 Å². The van der Waals surface area contributed by atoms with Crippen LogP contribution in [-0.2, 0) is 0 Å².